The van der Waals surface area contributed by atoms with E-state index in [1.54, 1.807) is 22.3 Å². The summed E-state index contributed by atoms with van der Waals surface area (Å²) in [6.45, 7) is 8.62. The van der Waals surface area contributed by atoms with Crippen LogP contribution in [-0.4, -0.2) is 40.8 Å². The molecule has 1 aliphatic rings. The maximum absolute atomic E-state index is 12.4. The van der Waals surface area contributed by atoms with E-state index in [4.69, 9.17) is 9.47 Å². The normalized spacial score (nSPS) is 16.7. The van der Waals surface area contributed by atoms with Gasteiger partial charge in [-0.05, 0) is 58.7 Å². The number of carbonyl (C=O) groups is 1. The van der Waals surface area contributed by atoms with Crippen LogP contribution in [0.25, 0.3) is 10.6 Å². The van der Waals surface area contributed by atoms with Crippen molar-refractivity contribution in [1.29, 1.82) is 5.26 Å². The van der Waals surface area contributed by atoms with Crippen molar-refractivity contribution >= 4 is 17.4 Å². The highest BCUT2D eigenvalue weighted by Crippen LogP contribution is 2.30. The molecule has 0 radical (unpaired) electrons. The summed E-state index contributed by atoms with van der Waals surface area (Å²) in [6, 6.07) is 7.57. The lowest BCUT2D eigenvalue weighted by molar-refractivity contribution is 0.0187. The van der Waals surface area contributed by atoms with Crippen LogP contribution in [0.2, 0.25) is 0 Å². The highest BCUT2D eigenvalue weighted by Gasteiger charge is 2.32. The molecule has 3 rings (SSSR count). The molecular formula is C21H25N3O3S. The second-order valence-corrected chi connectivity index (χ2v) is 9.15. The second-order valence-electron chi connectivity index (χ2n) is 7.91. The molecule has 1 aromatic carbocycles. The quantitative estimate of drug-likeness (QED) is 0.740. The predicted octanol–water partition coefficient (Wildman–Crippen LogP) is 4.77. The molecule has 0 saturated carbocycles. The molecule has 28 heavy (non-hydrogen) atoms. The number of rotatable bonds is 4. The van der Waals surface area contributed by atoms with Gasteiger partial charge in [-0.1, -0.05) is 0 Å². The molecule has 0 spiro atoms. The van der Waals surface area contributed by atoms with Crippen LogP contribution in [0.3, 0.4) is 0 Å². The first kappa shape index (κ1) is 20.2. The van der Waals surface area contributed by atoms with E-state index >= 15 is 0 Å². The Morgan fingerprint density at radius 2 is 2.18 bits per heavy atom. The zero-order valence-electron chi connectivity index (χ0n) is 16.7. The first-order valence-corrected chi connectivity index (χ1v) is 10.2. The summed E-state index contributed by atoms with van der Waals surface area (Å²) in [6.07, 6.45) is 3.31. The van der Waals surface area contributed by atoms with Crippen molar-refractivity contribution in [3.05, 3.63) is 34.8 Å². The summed E-state index contributed by atoms with van der Waals surface area (Å²) in [7, 11) is 0. The summed E-state index contributed by atoms with van der Waals surface area (Å²) < 4.78 is 11.5. The summed E-state index contributed by atoms with van der Waals surface area (Å²) >= 11 is 1.58. The number of aryl methyl sites for hydroxylation is 1. The van der Waals surface area contributed by atoms with E-state index in [0.29, 0.717) is 24.5 Å². The first-order chi connectivity index (χ1) is 13.2. The lowest BCUT2D eigenvalue weighted by atomic mass is 10.1. The van der Waals surface area contributed by atoms with Gasteiger partial charge in [-0.15, -0.1) is 11.3 Å². The number of ether oxygens (including phenoxy) is 2. The average Bonchev–Trinajstić information content (AvgIpc) is 3.27. The number of nitriles is 1. The van der Waals surface area contributed by atoms with E-state index in [1.807, 2.05) is 46.0 Å². The van der Waals surface area contributed by atoms with Gasteiger partial charge in [-0.25, -0.2) is 9.78 Å². The van der Waals surface area contributed by atoms with Gasteiger partial charge in [0.25, 0.3) is 0 Å². The number of amides is 1. The fourth-order valence-electron chi connectivity index (χ4n) is 3.12. The van der Waals surface area contributed by atoms with Crippen molar-refractivity contribution in [3.63, 3.8) is 0 Å². The van der Waals surface area contributed by atoms with Crippen LogP contribution in [-0.2, 0) is 4.74 Å². The largest absolute Gasteiger partial charge is 0.491 e. The third-order valence-corrected chi connectivity index (χ3v) is 5.31. The molecule has 1 aromatic heterocycles. The standard InChI is InChI=1S/C21H25N3O3S/c1-14-12-23-19(28-14)16-8-15(11-22)9-18(10-16)26-13-17-6-5-7-24(17)20(25)27-21(2,3)4/h8-10,12,17H,5-7,13H2,1-4H3/t17-/m1/s1. The van der Waals surface area contributed by atoms with E-state index in [-0.39, 0.29) is 12.1 Å². The predicted molar refractivity (Wildman–Crippen MR) is 108 cm³/mol. The second kappa shape index (κ2) is 8.19. The van der Waals surface area contributed by atoms with Gasteiger partial charge in [0.15, 0.2) is 0 Å². The SMILES string of the molecule is Cc1cnc(-c2cc(C#N)cc(OC[C@H]3CCCN3C(=O)OC(C)(C)C)c2)s1. The molecule has 1 fully saturated rings. The van der Waals surface area contributed by atoms with Crippen molar-refractivity contribution in [2.75, 3.05) is 13.2 Å². The Hall–Kier alpha value is -2.59. The number of carbonyl (C=O) groups excluding carboxylic acids is 1. The van der Waals surface area contributed by atoms with Crippen LogP contribution in [0.1, 0.15) is 44.1 Å². The number of aromatic nitrogens is 1. The zero-order chi connectivity index (χ0) is 20.3. The molecule has 1 atom stereocenters. The van der Waals surface area contributed by atoms with Gasteiger partial charge in [0.2, 0.25) is 0 Å². The molecule has 2 heterocycles. The van der Waals surface area contributed by atoms with E-state index in [2.05, 4.69) is 11.1 Å². The summed E-state index contributed by atoms with van der Waals surface area (Å²) in [4.78, 5) is 19.7. The van der Waals surface area contributed by atoms with E-state index < -0.39 is 5.60 Å². The maximum Gasteiger partial charge on any atom is 0.410 e. The Bertz CT molecular complexity index is 895. The van der Waals surface area contributed by atoms with Crippen LogP contribution in [0.15, 0.2) is 24.4 Å². The lowest BCUT2D eigenvalue weighted by Gasteiger charge is -2.28. The Morgan fingerprint density at radius 3 is 2.82 bits per heavy atom. The molecule has 0 N–H and O–H groups in total. The number of thiazole rings is 1. The molecule has 148 valence electrons. The van der Waals surface area contributed by atoms with Gasteiger partial charge in [-0.3, -0.25) is 0 Å². The molecule has 6 nitrogen and oxygen atoms in total. The molecular weight excluding hydrogens is 374 g/mol. The molecule has 1 amide bonds. The van der Waals surface area contributed by atoms with Crippen LogP contribution in [0, 0.1) is 18.3 Å². The van der Waals surface area contributed by atoms with Crippen molar-refractivity contribution in [1.82, 2.24) is 9.88 Å². The number of hydrogen-bond donors (Lipinski definition) is 0. The van der Waals surface area contributed by atoms with Crippen molar-refractivity contribution in [3.8, 4) is 22.4 Å². The average molecular weight is 400 g/mol. The number of nitrogens with zero attached hydrogens (tertiary/aromatic N) is 3. The van der Waals surface area contributed by atoms with Crippen molar-refractivity contribution < 1.29 is 14.3 Å². The lowest BCUT2D eigenvalue weighted by Crippen LogP contribution is -2.42. The highest BCUT2D eigenvalue weighted by atomic mass is 32.1. The van der Waals surface area contributed by atoms with Crippen LogP contribution in [0.4, 0.5) is 4.79 Å². The van der Waals surface area contributed by atoms with Crippen molar-refractivity contribution in [2.45, 2.75) is 52.2 Å². The Balaban J connectivity index is 1.71. The fraction of sp³-hybridized carbons (Fsp3) is 0.476. The van der Waals surface area contributed by atoms with Gasteiger partial charge < -0.3 is 14.4 Å². The van der Waals surface area contributed by atoms with Gasteiger partial charge in [0.05, 0.1) is 17.7 Å². The fourth-order valence-corrected chi connectivity index (χ4v) is 3.87. The minimum atomic E-state index is -0.521. The number of hydrogen-bond acceptors (Lipinski definition) is 6. The zero-order valence-corrected chi connectivity index (χ0v) is 17.5. The highest BCUT2D eigenvalue weighted by molar-refractivity contribution is 7.14. The Morgan fingerprint density at radius 1 is 1.39 bits per heavy atom. The summed E-state index contributed by atoms with van der Waals surface area (Å²) in [5, 5.41) is 10.2. The van der Waals surface area contributed by atoms with E-state index in [1.165, 1.54) is 0 Å². The molecule has 1 aliphatic heterocycles. The number of likely N-dealkylation sites (tertiary alicyclic amines) is 1. The van der Waals surface area contributed by atoms with Crippen LogP contribution in [0.5, 0.6) is 5.75 Å². The molecule has 0 bridgehead atoms. The third kappa shape index (κ3) is 5.02. The minimum Gasteiger partial charge on any atom is -0.491 e. The van der Waals surface area contributed by atoms with Gasteiger partial charge >= 0.3 is 6.09 Å². The minimum absolute atomic E-state index is 0.0360. The van der Waals surface area contributed by atoms with Crippen molar-refractivity contribution in [2.24, 2.45) is 0 Å². The summed E-state index contributed by atoms with van der Waals surface area (Å²) in [5.41, 5.74) is 0.866. The van der Waals surface area contributed by atoms with Crippen LogP contribution < -0.4 is 4.74 Å². The molecule has 1 saturated heterocycles. The Labute approximate surface area is 169 Å². The summed E-state index contributed by atoms with van der Waals surface area (Å²) in [5.74, 6) is 0.609. The smallest absolute Gasteiger partial charge is 0.410 e. The van der Waals surface area contributed by atoms with E-state index in [0.717, 1.165) is 28.3 Å². The molecule has 2 aromatic rings. The first-order valence-electron chi connectivity index (χ1n) is 9.35. The molecule has 0 aliphatic carbocycles. The van der Waals surface area contributed by atoms with E-state index in [9.17, 15) is 10.1 Å². The van der Waals surface area contributed by atoms with Gasteiger partial charge in [-0.2, -0.15) is 5.26 Å². The molecule has 0 unspecified atom stereocenters. The number of benzene rings is 1. The third-order valence-electron chi connectivity index (χ3n) is 4.35. The Kier molecular flexibility index (Phi) is 5.90. The molecule has 7 heteroatoms. The maximum atomic E-state index is 12.4. The van der Waals surface area contributed by atoms with Gasteiger partial charge in [0.1, 0.15) is 23.0 Å². The monoisotopic (exact) mass is 399 g/mol. The topological polar surface area (TPSA) is 75.5 Å². The van der Waals surface area contributed by atoms with Crippen LogP contribution >= 0.6 is 11.3 Å². The van der Waals surface area contributed by atoms with Gasteiger partial charge in [0, 0.05) is 23.2 Å².